The highest BCUT2D eigenvalue weighted by Gasteiger charge is 2.07. The van der Waals surface area contributed by atoms with Crippen molar-refractivity contribution >= 4 is 33.3 Å². The van der Waals surface area contributed by atoms with Crippen LogP contribution in [0.1, 0.15) is 16.1 Å². The van der Waals surface area contributed by atoms with Gasteiger partial charge in [-0.2, -0.15) is 0 Å². The SMILES string of the molecule is C=CCNC(=O)c1cnc(Nc2ccc(Br)cc2C)cn1. The number of aromatic nitrogens is 2. The van der Waals surface area contributed by atoms with E-state index in [9.17, 15) is 4.79 Å². The molecule has 0 aliphatic rings. The lowest BCUT2D eigenvalue weighted by molar-refractivity contribution is 0.0952. The first-order chi connectivity index (χ1) is 10.1. The zero-order valence-electron chi connectivity index (χ0n) is 11.6. The van der Waals surface area contributed by atoms with Gasteiger partial charge in [0.15, 0.2) is 0 Å². The second-order valence-corrected chi connectivity index (χ2v) is 5.29. The first kappa shape index (κ1) is 15.2. The van der Waals surface area contributed by atoms with Gasteiger partial charge < -0.3 is 10.6 Å². The number of carbonyl (C=O) groups is 1. The molecule has 21 heavy (non-hydrogen) atoms. The first-order valence-electron chi connectivity index (χ1n) is 6.34. The van der Waals surface area contributed by atoms with Crippen LogP contribution in [0.3, 0.4) is 0 Å². The van der Waals surface area contributed by atoms with Gasteiger partial charge in [-0.3, -0.25) is 4.79 Å². The van der Waals surface area contributed by atoms with Crippen LogP contribution in [0.2, 0.25) is 0 Å². The number of anilines is 2. The van der Waals surface area contributed by atoms with E-state index in [1.165, 1.54) is 12.4 Å². The summed E-state index contributed by atoms with van der Waals surface area (Å²) in [5, 5.41) is 5.81. The molecule has 108 valence electrons. The van der Waals surface area contributed by atoms with Crippen LogP contribution in [-0.4, -0.2) is 22.4 Å². The second kappa shape index (κ2) is 6.99. The van der Waals surface area contributed by atoms with Gasteiger partial charge in [-0.25, -0.2) is 9.97 Å². The Kier molecular flexibility index (Phi) is 5.05. The van der Waals surface area contributed by atoms with Gasteiger partial charge >= 0.3 is 0 Å². The number of rotatable bonds is 5. The number of amides is 1. The van der Waals surface area contributed by atoms with E-state index < -0.39 is 0 Å². The van der Waals surface area contributed by atoms with Crippen molar-refractivity contribution in [1.29, 1.82) is 0 Å². The molecule has 1 aromatic carbocycles. The van der Waals surface area contributed by atoms with Crippen LogP contribution in [0.25, 0.3) is 0 Å². The Hall–Kier alpha value is -2.21. The molecular formula is C15H15BrN4O. The molecule has 0 aliphatic heterocycles. The molecule has 2 rings (SSSR count). The Morgan fingerprint density at radius 1 is 1.38 bits per heavy atom. The largest absolute Gasteiger partial charge is 0.347 e. The first-order valence-corrected chi connectivity index (χ1v) is 7.14. The molecule has 5 nitrogen and oxygen atoms in total. The van der Waals surface area contributed by atoms with E-state index in [-0.39, 0.29) is 11.6 Å². The van der Waals surface area contributed by atoms with E-state index in [0.29, 0.717) is 12.4 Å². The molecule has 0 unspecified atom stereocenters. The summed E-state index contributed by atoms with van der Waals surface area (Å²) in [7, 11) is 0. The predicted octanol–water partition coefficient (Wildman–Crippen LogP) is 3.21. The maximum atomic E-state index is 11.7. The summed E-state index contributed by atoms with van der Waals surface area (Å²) in [4.78, 5) is 20.0. The highest BCUT2D eigenvalue weighted by Crippen LogP contribution is 2.22. The zero-order valence-corrected chi connectivity index (χ0v) is 13.1. The van der Waals surface area contributed by atoms with Crippen LogP contribution >= 0.6 is 15.9 Å². The minimum Gasteiger partial charge on any atom is -0.347 e. The molecule has 2 aromatic rings. The fraction of sp³-hybridized carbons (Fsp3) is 0.133. The Labute approximate surface area is 131 Å². The standard InChI is InChI=1S/C15H15BrN4O/c1-3-6-17-15(21)13-8-19-14(9-18-13)20-12-5-4-11(16)7-10(12)2/h3-5,7-9H,1,6H2,2H3,(H,17,21)(H,19,20). The summed E-state index contributed by atoms with van der Waals surface area (Å²) in [6.45, 7) is 5.94. The van der Waals surface area contributed by atoms with Gasteiger partial charge in [0, 0.05) is 16.7 Å². The number of aryl methyl sites for hydroxylation is 1. The minimum atomic E-state index is -0.270. The molecule has 1 heterocycles. The Morgan fingerprint density at radius 3 is 2.81 bits per heavy atom. The van der Waals surface area contributed by atoms with Gasteiger partial charge in [-0.05, 0) is 30.7 Å². The molecule has 2 N–H and O–H groups in total. The molecule has 0 aliphatic carbocycles. The van der Waals surface area contributed by atoms with E-state index in [2.05, 4.69) is 43.1 Å². The zero-order chi connectivity index (χ0) is 15.2. The molecule has 0 saturated carbocycles. The number of hydrogen-bond donors (Lipinski definition) is 2. The molecule has 0 bridgehead atoms. The van der Waals surface area contributed by atoms with Crippen molar-refractivity contribution in [1.82, 2.24) is 15.3 Å². The Balaban J connectivity index is 2.08. The summed E-state index contributed by atoms with van der Waals surface area (Å²) >= 11 is 3.42. The third-order valence-corrected chi connectivity index (χ3v) is 3.24. The molecule has 0 radical (unpaired) electrons. The van der Waals surface area contributed by atoms with Gasteiger partial charge in [-0.1, -0.05) is 22.0 Å². The highest BCUT2D eigenvalue weighted by atomic mass is 79.9. The fourth-order valence-corrected chi connectivity index (χ4v) is 2.15. The maximum absolute atomic E-state index is 11.7. The minimum absolute atomic E-state index is 0.270. The van der Waals surface area contributed by atoms with Gasteiger partial charge in [0.05, 0.1) is 12.4 Å². The smallest absolute Gasteiger partial charge is 0.271 e. The predicted molar refractivity (Wildman–Crippen MR) is 86.7 cm³/mol. The number of nitrogens with one attached hydrogen (secondary N) is 2. The fourth-order valence-electron chi connectivity index (χ4n) is 1.67. The molecule has 0 fully saturated rings. The molecule has 1 amide bonds. The van der Waals surface area contributed by atoms with Crippen molar-refractivity contribution in [3.8, 4) is 0 Å². The number of benzene rings is 1. The van der Waals surface area contributed by atoms with E-state index in [1.54, 1.807) is 6.08 Å². The Bertz CT molecular complexity index is 655. The van der Waals surface area contributed by atoms with Gasteiger partial charge in [0.25, 0.3) is 5.91 Å². The van der Waals surface area contributed by atoms with E-state index in [0.717, 1.165) is 15.7 Å². The van der Waals surface area contributed by atoms with Gasteiger partial charge in [0.1, 0.15) is 11.5 Å². The lowest BCUT2D eigenvalue weighted by Gasteiger charge is -2.09. The summed E-state index contributed by atoms with van der Waals surface area (Å²) in [6, 6.07) is 5.90. The van der Waals surface area contributed by atoms with Crippen molar-refractivity contribution < 1.29 is 4.79 Å². The van der Waals surface area contributed by atoms with Crippen LogP contribution < -0.4 is 10.6 Å². The average Bonchev–Trinajstić information content (AvgIpc) is 2.48. The highest BCUT2D eigenvalue weighted by molar-refractivity contribution is 9.10. The van der Waals surface area contributed by atoms with E-state index in [4.69, 9.17) is 0 Å². The van der Waals surface area contributed by atoms with Crippen LogP contribution in [-0.2, 0) is 0 Å². The van der Waals surface area contributed by atoms with Crippen molar-refractivity contribution in [3.05, 3.63) is 59.0 Å². The lowest BCUT2D eigenvalue weighted by Crippen LogP contribution is -2.24. The van der Waals surface area contributed by atoms with Crippen LogP contribution in [0, 0.1) is 6.92 Å². The summed E-state index contributed by atoms with van der Waals surface area (Å²) < 4.78 is 1.02. The maximum Gasteiger partial charge on any atom is 0.271 e. The second-order valence-electron chi connectivity index (χ2n) is 4.37. The normalized spacial score (nSPS) is 10.0. The van der Waals surface area contributed by atoms with Crippen LogP contribution in [0.15, 0.2) is 47.7 Å². The quantitative estimate of drug-likeness (QED) is 0.815. The number of hydrogen-bond acceptors (Lipinski definition) is 4. The summed E-state index contributed by atoms with van der Waals surface area (Å²) in [5.74, 6) is 0.314. The third-order valence-electron chi connectivity index (χ3n) is 2.74. The Morgan fingerprint density at radius 2 is 2.19 bits per heavy atom. The molecular weight excluding hydrogens is 332 g/mol. The lowest BCUT2D eigenvalue weighted by atomic mass is 10.2. The third kappa shape index (κ3) is 4.13. The van der Waals surface area contributed by atoms with Crippen molar-refractivity contribution in [2.24, 2.45) is 0 Å². The average molecular weight is 347 g/mol. The molecule has 1 aromatic heterocycles. The number of halogens is 1. The molecule has 0 saturated heterocycles. The van der Waals surface area contributed by atoms with Gasteiger partial charge in [-0.15, -0.1) is 6.58 Å². The van der Waals surface area contributed by atoms with Crippen molar-refractivity contribution in [3.63, 3.8) is 0 Å². The monoisotopic (exact) mass is 346 g/mol. The molecule has 0 atom stereocenters. The number of nitrogens with zero attached hydrogens (tertiary/aromatic N) is 2. The van der Waals surface area contributed by atoms with Gasteiger partial charge in [0.2, 0.25) is 0 Å². The summed E-state index contributed by atoms with van der Waals surface area (Å²) in [6.07, 6.45) is 4.58. The molecule has 6 heteroatoms. The number of carbonyl (C=O) groups excluding carboxylic acids is 1. The van der Waals surface area contributed by atoms with Crippen molar-refractivity contribution in [2.75, 3.05) is 11.9 Å². The van der Waals surface area contributed by atoms with Crippen LogP contribution in [0.4, 0.5) is 11.5 Å². The summed E-state index contributed by atoms with van der Waals surface area (Å²) in [5.41, 5.74) is 2.30. The van der Waals surface area contributed by atoms with Crippen molar-refractivity contribution in [2.45, 2.75) is 6.92 Å². The van der Waals surface area contributed by atoms with Crippen LogP contribution in [0.5, 0.6) is 0 Å². The molecule has 0 spiro atoms. The van der Waals surface area contributed by atoms with E-state index in [1.807, 2.05) is 25.1 Å². The van der Waals surface area contributed by atoms with E-state index >= 15 is 0 Å². The topological polar surface area (TPSA) is 66.9 Å².